The first kappa shape index (κ1) is 15.5. The molecule has 0 aromatic heterocycles. The van der Waals surface area contributed by atoms with Gasteiger partial charge in [-0.1, -0.05) is 0 Å². The second-order valence-corrected chi connectivity index (χ2v) is 3.33. The van der Waals surface area contributed by atoms with Crippen molar-refractivity contribution in [3.8, 4) is 0 Å². The van der Waals surface area contributed by atoms with Crippen LogP contribution in [0.2, 0.25) is 0 Å². The average Bonchev–Trinajstić information content (AvgIpc) is 2.23. The Morgan fingerprint density at radius 1 is 1.18 bits per heavy atom. The van der Waals surface area contributed by atoms with Crippen LogP contribution in [0.4, 0.5) is 0 Å². The summed E-state index contributed by atoms with van der Waals surface area (Å²) in [5, 5.41) is 17.2. The molecule has 0 saturated heterocycles. The third-order valence-corrected chi connectivity index (χ3v) is 2.01. The molecule has 0 bridgehead atoms. The molecule has 7 nitrogen and oxygen atoms in total. The number of carbonyl (C=O) groups is 3. The van der Waals surface area contributed by atoms with Gasteiger partial charge in [-0.3, -0.25) is 14.4 Å². The van der Waals surface area contributed by atoms with Gasteiger partial charge in [0.25, 0.3) is 0 Å². The first-order valence-electron chi connectivity index (χ1n) is 5.03. The van der Waals surface area contributed by atoms with Gasteiger partial charge in [-0.15, -0.1) is 0 Å². The standard InChI is InChI=1S/C10H16O7/c1-16-4-5-17-6-8(11)7(10(14)15)2-3-9(12)13/h7H,2-6H2,1H3,(H,12,13)(H,14,15). The van der Waals surface area contributed by atoms with Crippen LogP contribution in [0, 0.1) is 5.92 Å². The van der Waals surface area contributed by atoms with E-state index in [-0.39, 0.29) is 26.1 Å². The Hall–Kier alpha value is -1.47. The van der Waals surface area contributed by atoms with Crippen molar-refractivity contribution in [2.45, 2.75) is 12.8 Å². The van der Waals surface area contributed by atoms with Crippen LogP contribution in [0.3, 0.4) is 0 Å². The van der Waals surface area contributed by atoms with Crippen molar-refractivity contribution in [2.24, 2.45) is 5.92 Å². The molecule has 0 aliphatic carbocycles. The lowest BCUT2D eigenvalue weighted by atomic mass is 9.99. The van der Waals surface area contributed by atoms with Crippen molar-refractivity contribution < 1.29 is 34.1 Å². The number of aliphatic carboxylic acids is 2. The minimum absolute atomic E-state index is 0.188. The molecule has 7 heteroatoms. The van der Waals surface area contributed by atoms with E-state index in [2.05, 4.69) is 4.74 Å². The highest BCUT2D eigenvalue weighted by Gasteiger charge is 2.26. The molecule has 1 unspecified atom stereocenters. The highest BCUT2D eigenvalue weighted by molar-refractivity contribution is 5.99. The van der Waals surface area contributed by atoms with Crippen LogP contribution >= 0.6 is 0 Å². The number of hydrogen-bond acceptors (Lipinski definition) is 5. The van der Waals surface area contributed by atoms with E-state index in [4.69, 9.17) is 14.9 Å². The number of rotatable bonds is 10. The van der Waals surface area contributed by atoms with Gasteiger partial charge in [-0.25, -0.2) is 0 Å². The summed E-state index contributed by atoms with van der Waals surface area (Å²) in [7, 11) is 1.47. The largest absolute Gasteiger partial charge is 0.481 e. The molecule has 0 spiro atoms. The molecule has 0 aliphatic heterocycles. The zero-order chi connectivity index (χ0) is 13.3. The Morgan fingerprint density at radius 2 is 1.82 bits per heavy atom. The number of ether oxygens (including phenoxy) is 2. The Bertz CT molecular complexity index is 274. The quantitative estimate of drug-likeness (QED) is 0.406. The van der Waals surface area contributed by atoms with E-state index in [9.17, 15) is 14.4 Å². The summed E-state index contributed by atoms with van der Waals surface area (Å²) in [5.74, 6) is -4.42. The Kier molecular flexibility index (Phi) is 7.91. The van der Waals surface area contributed by atoms with E-state index in [1.807, 2.05) is 0 Å². The van der Waals surface area contributed by atoms with Gasteiger partial charge in [0.1, 0.15) is 12.5 Å². The molecule has 17 heavy (non-hydrogen) atoms. The van der Waals surface area contributed by atoms with Gasteiger partial charge >= 0.3 is 11.9 Å². The van der Waals surface area contributed by atoms with Gasteiger partial charge in [0.15, 0.2) is 5.78 Å². The van der Waals surface area contributed by atoms with E-state index >= 15 is 0 Å². The van der Waals surface area contributed by atoms with Crippen LogP contribution in [0.25, 0.3) is 0 Å². The number of carboxylic acid groups (broad SMARTS) is 2. The molecule has 0 amide bonds. The van der Waals surface area contributed by atoms with Crippen molar-refractivity contribution in [1.82, 2.24) is 0 Å². The molecule has 0 fully saturated rings. The predicted octanol–water partition coefficient (Wildman–Crippen LogP) is -0.216. The van der Waals surface area contributed by atoms with Crippen LogP contribution in [0.15, 0.2) is 0 Å². The summed E-state index contributed by atoms with van der Waals surface area (Å²) in [6, 6.07) is 0. The van der Waals surface area contributed by atoms with Gasteiger partial charge in [0.05, 0.1) is 13.2 Å². The molecular formula is C10H16O7. The van der Waals surface area contributed by atoms with E-state index in [0.29, 0.717) is 6.61 Å². The third-order valence-electron chi connectivity index (χ3n) is 2.01. The summed E-state index contributed by atoms with van der Waals surface area (Å²) < 4.78 is 9.57. The van der Waals surface area contributed by atoms with Gasteiger partial charge in [-0.05, 0) is 6.42 Å². The van der Waals surface area contributed by atoms with Crippen molar-refractivity contribution in [2.75, 3.05) is 26.9 Å². The van der Waals surface area contributed by atoms with Crippen molar-refractivity contribution in [1.29, 1.82) is 0 Å². The smallest absolute Gasteiger partial charge is 0.314 e. The normalized spacial score (nSPS) is 12.1. The third kappa shape index (κ3) is 7.42. The number of hydrogen-bond donors (Lipinski definition) is 2. The molecule has 0 heterocycles. The molecule has 0 saturated carbocycles. The maximum absolute atomic E-state index is 11.4. The van der Waals surface area contributed by atoms with Crippen LogP contribution in [0.5, 0.6) is 0 Å². The minimum atomic E-state index is -1.33. The highest BCUT2D eigenvalue weighted by Crippen LogP contribution is 2.09. The summed E-state index contributed by atoms with van der Waals surface area (Å²) in [6.45, 7) is 0.146. The minimum Gasteiger partial charge on any atom is -0.481 e. The maximum atomic E-state index is 11.4. The van der Waals surface area contributed by atoms with Crippen molar-refractivity contribution in [3.05, 3.63) is 0 Å². The van der Waals surface area contributed by atoms with Crippen LogP contribution in [-0.4, -0.2) is 54.9 Å². The van der Waals surface area contributed by atoms with Crippen molar-refractivity contribution in [3.63, 3.8) is 0 Å². The molecule has 0 rings (SSSR count). The number of Topliss-reactive ketones (excluding diaryl/α,β-unsaturated/α-hetero) is 1. The summed E-state index contributed by atoms with van der Waals surface area (Å²) in [6.07, 6.45) is -0.585. The summed E-state index contributed by atoms with van der Waals surface area (Å²) in [4.78, 5) is 32.5. The molecule has 0 radical (unpaired) electrons. The fraction of sp³-hybridized carbons (Fsp3) is 0.700. The fourth-order valence-corrected chi connectivity index (χ4v) is 1.11. The first-order chi connectivity index (χ1) is 7.99. The van der Waals surface area contributed by atoms with Gasteiger partial charge in [-0.2, -0.15) is 0 Å². The number of ketones is 1. The summed E-state index contributed by atoms with van der Waals surface area (Å²) >= 11 is 0. The zero-order valence-electron chi connectivity index (χ0n) is 9.55. The van der Waals surface area contributed by atoms with Gasteiger partial charge in [0, 0.05) is 13.5 Å². The van der Waals surface area contributed by atoms with Crippen LogP contribution < -0.4 is 0 Å². The van der Waals surface area contributed by atoms with Gasteiger partial charge in [0.2, 0.25) is 0 Å². The topological polar surface area (TPSA) is 110 Å². The highest BCUT2D eigenvalue weighted by atomic mass is 16.5. The fourth-order valence-electron chi connectivity index (χ4n) is 1.11. The average molecular weight is 248 g/mol. The van der Waals surface area contributed by atoms with E-state index in [0.717, 1.165) is 0 Å². The number of carbonyl (C=O) groups excluding carboxylic acids is 1. The zero-order valence-corrected chi connectivity index (χ0v) is 9.55. The first-order valence-corrected chi connectivity index (χ1v) is 5.03. The molecule has 2 N–H and O–H groups in total. The lowest BCUT2D eigenvalue weighted by molar-refractivity contribution is -0.148. The summed E-state index contributed by atoms with van der Waals surface area (Å²) in [5.41, 5.74) is 0. The Labute approximate surface area is 98.3 Å². The monoisotopic (exact) mass is 248 g/mol. The van der Waals surface area contributed by atoms with Crippen LogP contribution in [0.1, 0.15) is 12.8 Å². The second-order valence-electron chi connectivity index (χ2n) is 3.33. The van der Waals surface area contributed by atoms with E-state index in [1.54, 1.807) is 0 Å². The SMILES string of the molecule is COCCOCC(=O)C(CCC(=O)O)C(=O)O. The molecule has 1 atom stereocenters. The van der Waals surface area contributed by atoms with Crippen molar-refractivity contribution >= 4 is 17.7 Å². The Balaban J connectivity index is 4.06. The van der Waals surface area contributed by atoms with E-state index < -0.39 is 23.6 Å². The lowest BCUT2D eigenvalue weighted by Gasteiger charge is -2.10. The molecule has 0 aromatic carbocycles. The Morgan fingerprint density at radius 3 is 2.29 bits per heavy atom. The number of carboxylic acids is 2. The maximum Gasteiger partial charge on any atom is 0.314 e. The van der Waals surface area contributed by atoms with Gasteiger partial charge < -0.3 is 19.7 Å². The lowest BCUT2D eigenvalue weighted by Crippen LogP contribution is -2.28. The molecule has 98 valence electrons. The molecular weight excluding hydrogens is 232 g/mol. The van der Waals surface area contributed by atoms with Crippen LogP contribution in [-0.2, 0) is 23.9 Å². The second kappa shape index (κ2) is 8.66. The molecule has 0 aliphatic rings. The number of methoxy groups -OCH3 is 1. The molecule has 0 aromatic rings. The van der Waals surface area contributed by atoms with E-state index in [1.165, 1.54) is 7.11 Å². The predicted molar refractivity (Wildman–Crippen MR) is 55.7 cm³/mol.